The second-order valence-electron chi connectivity index (χ2n) is 4.16. The average molecular weight is 317 g/mol. The lowest BCUT2D eigenvalue weighted by Gasteiger charge is -1.90. The van der Waals surface area contributed by atoms with Gasteiger partial charge in [-0.3, -0.25) is 4.79 Å². The van der Waals surface area contributed by atoms with E-state index in [0.29, 0.717) is 14.9 Å². The molecule has 0 radical (unpaired) electrons. The molecule has 1 aromatic carbocycles. The van der Waals surface area contributed by atoms with Crippen molar-refractivity contribution in [1.29, 1.82) is 0 Å². The molecule has 0 spiro atoms. The molecule has 0 aliphatic rings. The van der Waals surface area contributed by atoms with Gasteiger partial charge in [0.1, 0.15) is 10.6 Å². The van der Waals surface area contributed by atoms with E-state index in [9.17, 15) is 9.90 Å². The first-order valence-corrected chi connectivity index (χ1v) is 7.75. The third-order valence-corrected chi connectivity index (χ3v) is 4.83. The van der Waals surface area contributed by atoms with E-state index in [2.05, 4.69) is 15.3 Å². The minimum absolute atomic E-state index is 0.182. The van der Waals surface area contributed by atoms with Crippen molar-refractivity contribution >= 4 is 50.0 Å². The zero-order chi connectivity index (χ0) is 14.8. The number of nitrogens with one attached hydrogen (secondary N) is 1. The molecule has 2 heterocycles. The molecule has 0 bridgehead atoms. The molecule has 0 unspecified atom stereocenters. The first-order valence-electron chi connectivity index (χ1n) is 6.11. The largest absolute Gasteiger partial charge is 0.506 e. The normalized spacial score (nSPS) is 11.3. The van der Waals surface area contributed by atoms with Gasteiger partial charge in [-0.05, 0) is 12.1 Å². The summed E-state index contributed by atoms with van der Waals surface area (Å²) in [7, 11) is 1.57. The van der Waals surface area contributed by atoms with Crippen LogP contribution in [0, 0.1) is 0 Å². The summed E-state index contributed by atoms with van der Waals surface area (Å²) in [5.41, 5.74) is 0. The molecule has 0 aliphatic carbocycles. The van der Waals surface area contributed by atoms with Gasteiger partial charge in [0.25, 0.3) is 5.91 Å². The second-order valence-corrected chi connectivity index (χ2v) is 6.25. The van der Waals surface area contributed by atoms with Crippen LogP contribution in [-0.2, 0) is 0 Å². The number of aliphatic imine (C=N–C) groups is 1. The Morgan fingerprint density at radius 1 is 1.38 bits per heavy atom. The number of fused-ring (bicyclic) bond motifs is 1. The molecule has 106 valence electrons. The predicted octanol–water partition coefficient (Wildman–Crippen LogP) is 3.17. The predicted molar refractivity (Wildman–Crippen MR) is 86.2 cm³/mol. The average Bonchev–Trinajstić information content (AvgIpc) is 3.10. The number of aromatic nitrogens is 1. The number of hydrogen-bond acceptors (Lipinski definition) is 6. The van der Waals surface area contributed by atoms with Crippen molar-refractivity contribution in [3.05, 3.63) is 40.2 Å². The van der Waals surface area contributed by atoms with Gasteiger partial charge in [0, 0.05) is 17.1 Å². The van der Waals surface area contributed by atoms with Crippen molar-refractivity contribution in [2.24, 2.45) is 4.99 Å². The van der Waals surface area contributed by atoms with Crippen molar-refractivity contribution in [3.8, 4) is 5.75 Å². The van der Waals surface area contributed by atoms with Crippen LogP contribution >= 0.6 is 22.7 Å². The Morgan fingerprint density at radius 2 is 2.19 bits per heavy atom. The van der Waals surface area contributed by atoms with Crippen LogP contribution in [0.4, 0.5) is 5.13 Å². The molecular weight excluding hydrogens is 306 g/mol. The highest BCUT2D eigenvalue weighted by molar-refractivity contribution is 7.21. The fraction of sp³-hybridized carbons (Fsp3) is 0.0714. The highest BCUT2D eigenvalue weighted by atomic mass is 32.1. The number of thiazole rings is 1. The number of carbonyl (C=O) groups excluding carboxylic acids is 1. The molecule has 21 heavy (non-hydrogen) atoms. The molecule has 2 N–H and O–H groups in total. The number of carbonyl (C=O) groups is 1. The van der Waals surface area contributed by atoms with Gasteiger partial charge in [-0.15, -0.1) is 11.3 Å². The van der Waals surface area contributed by atoms with Crippen LogP contribution in [0.25, 0.3) is 10.1 Å². The summed E-state index contributed by atoms with van der Waals surface area (Å²) in [6, 6.07) is 7.62. The third-order valence-electron chi connectivity index (χ3n) is 2.83. The number of nitrogens with zero attached hydrogens (tertiary/aromatic N) is 2. The summed E-state index contributed by atoms with van der Waals surface area (Å²) in [6.45, 7) is 0. The monoisotopic (exact) mass is 317 g/mol. The summed E-state index contributed by atoms with van der Waals surface area (Å²) >= 11 is 2.66. The lowest BCUT2D eigenvalue weighted by Crippen LogP contribution is -2.15. The molecule has 0 aliphatic heterocycles. The van der Waals surface area contributed by atoms with Gasteiger partial charge in [-0.25, -0.2) is 9.98 Å². The van der Waals surface area contributed by atoms with E-state index in [1.54, 1.807) is 13.3 Å². The number of amides is 1. The Kier molecular flexibility index (Phi) is 3.68. The second kappa shape index (κ2) is 5.63. The van der Waals surface area contributed by atoms with Gasteiger partial charge >= 0.3 is 0 Å². The van der Waals surface area contributed by atoms with Crippen molar-refractivity contribution in [2.45, 2.75) is 0 Å². The summed E-state index contributed by atoms with van der Waals surface area (Å²) in [6.07, 6.45) is 3.06. The number of thiophene rings is 1. The van der Waals surface area contributed by atoms with Crippen LogP contribution in [0.3, 0.4) is 0 Å². The van der Waals surface area contributed by atoms with Crippen LogP contribution in [0.15, 0.2) is 35.5 Å². The lowest BCUT2D eigenvalue weighted by atomic mass is 10.2. The summed E-state index contributed by atoms with van der Waals surface area (Å²) in [4.78, 5) is 20.9. The van der Waals surface area contributed by atoms with E-state index in [4.69, 9.17) is 0 Å². The van der Waals surface area contributed by atoms with Crippen molar-refractivity contribution in [1.82, 2.24) is 10.3 Å². The Morgan fingerprint density at radius 3 is 2.95 bits per heavy atom. The number of hydrogen-bond donors (Lipinski definition) is 2. The molecule has 7 heteroatoms. The number of aromatic hydroxyl groups is 1. The number of rotatable bonds is 3. The van der Waals surface area contributed by atoms with Crippen molar-refractivity contribution < 1.29 is 9.90 Å². The zero-order valence-electron chi connectivity index (χ0n) is 11.0. The van der Waals surface area contributed by atoms with Gasteiger partial charge in [0.15, 0.2) is 0 Å². The zero-order valence-corrected chi connectivity index (χ0v) is 12.7. The molecule has 0 fully saturated rings. The van der Waals surface area contributed by atoms with E-state index in [-0.39, 0.29) is 11.7 Å². The Balaban J connectivity index is 1.89. The first-order chi connectivity index (χ1) is 10.2. The van der Waals surface area contributed by atoms with E-state index in [1.807, 2.05) is 24.3 Å². The molecule has 2 aromatic heterocycles. The lowest BCUT2D eigenvalue weighted by molar-refractivity contribution is 0.0967. The van der Waals surface area contributed by atoms with Crippen molar-refractivity contribution in [3.63, 3.8) is 0 Å². The summed E-state index contributed by atoms with van der Waals surface area (Å²) in [5, 5.41) is 14.0. The quantitative estimate of drug-likeness (QED) is 0.729. The van der Waals surface area contributed by atoms with Gasteiger partial charge < -0.3 is 10.4 Å². The Bertz CT molecular complexity index is 836. The Labute approximate surface area is 128 Å². The number of benzene rings is 1. The standard InChI is InChI=1S/C14H11N3O2S2/c1-15-13(19)11-7-17-14(21-11)16-6-10-12(18)8-4-2-3-5-9(8)20-10/h2-7,18H,1H3,(H,15,19). The molecule has 1 amide bonds. The van der Waals surface area contributed by atoms with Crippen LogP contribution in [0.5, 0.6) is 5.75 Å². The molecule has 5 nitrogen and oxygen atoms in total. The van der Waals surface area contributed by atoms with Crippen LogP contribution in [0.1, 0.15) is 14.5 Å². The van der Waals surface area contributed by atoms with Crippen LogP contribution in [0.2, 0.25) is 0 Å². The molecule has 0 saturated carbocycles. The highest BCUT2D eigenvalue weighted by Gasteiger charge is 2.10. The summed E-state index contributed by atoms with van der Waals surface area (Å²) < 4.78 is 1.00. The van der Waals surface area contributed by atoms with Gasteiger partial charge in [-0.1, -0.05) is 23.5 Å². The van der Waals surface area contributed by atoms with E-state index >= 15 is 0 Å². The maximum atomic E-state index is 11.4. The first kappa shape index (κ1) is 13.7. The minimum atomic E-state index is -0.182. The van der Waals surface area contributed by atoms with E-state index in [0.717, 1.165) is 10.1 Å². The van der Waals surface area contributed by atoms with Gasteiger partial charge in [-0.2, -0.15) is 0 Å². The van der Waals surface area contributed by atoms with Crippen LogP contribution in [-0.4, -0.2) is 29.3 Å². The van der Waals surface area contributed by atoms with E-state index in [1.165, 1.54) is 28.9 Å². The highest BCUT2D eigenvalue weighted by Crippen LogP contribution is 2.35. The van der Waals surface area contributed by atoms with Gasteiger partial charge in [0.2, 0.25) is 5.13 Å². The molecule has 3 aromatic rings. The third kappa shape index (κ3) is 2.65. The minimum Gasteiger partial charge on any atom is -0.506 e. The maximum Gasteiger partial charge on any atom is 0.262 e. The molecule has 3 rings (SSSR count). The topological polar surface area (TPSA) is 74.6 Å². The molecular formula is C14H11N3O2S2. The molecule has 0 atom stereocenters. The smallest absolute Gasteiger partial charge is 0.262 e. The van der Waals surface area contributed by atoms with Crippen molar-refractivity contribution in [2.75, 3.05) is 7.05 Å². The fourth-order valence-corrected chi connectivity index (χ4v) is 3.48. The Hall–Kier alpha value is -2.25. The maximum absolute atomic E-state index is 11.4. The SMILES string of the molecule is CNC(=O)c1cnc(N=Cc2sc3ccccc3c2O)s1. The van der Waals surface area contributed by atoms with Gasteiger partial charge in [0.05, 0.1) is 17.3 Å². The fourth-order valence-electron chi connectivity index (χ4n) is 1.80. The molecule has 0 saturated heterocycles. The van der Waals surface area contributed by atoms with E-state index < -0.39 is 0 Å². The summed E-state index contributed by atoms with van der Waals surface area (Å²) in [5.74, 6) is 0.0427. The van der Waals surface area contributed by atoms with Crippen LogP contribution < -0.4 is 5.32 Å².